The van der Waals surface area contributed by atoms with Crippen LogP contribution in [0.15, 0.2) is 75.1 Å². The number of fused-ring (bicyclic) bond motifs is 1. The summed E-state index contributed by atoms with van der Waals surface area (Å²) in [5.41, 5.74) is 4.71. The van der Waals surface area contributed by atoms with Crippen LogP contribution < -0.4 is 4.72 Å². The molecule has 0 saturated heterocycles. The van der Waals surface area contributed by atoms with Crippen LogP contribution in [-0.4, -0.2) is 25.8 Å². The number of benzene rings is 2. The van der Waals surface area contributed by atoms with E-state index in [2.05, 4.69) is 19.9 Å². The third-order valence-corrected chi connectivity index (χ3v) is 5.73. The molecule has 1 aromatic heterocycles. The van der Waals surface area contributed by atoms with E-state index in [1.165, 1.54) is 0 Å². The van der Waals surface area contributed by atoms with Gasteiger partial charge < -0.3 is 9.15 Å². The second-order valence-electron chi connectivity index (χ2n) is 6.72. The number of aryl methyl sites for hydroxylation is 1. The van der Waals surface area contributed by atoms with Crippen LogP contribution in [0.2, 0.25) is 0 Å². The number of rotatable bonds is 6. The van der Waals surface area contributed by atoms with Crippen LogP contribution in [0.25, 0.3) is 16.7 Å². The number of hydrogen-bond acceptors (Lipinski definition) is 7. The SMILES string of the molecule is CCS(=O)(=O)Nc1cccc(N=NC2=C(c3nc4ccc(C)cc4o3)C=COC2)c1. The average Bonchev–Trinajstić information content (AvgIpc) is 3.15. The van der Waals surface area contributed by atoms with E-state index in [0.717, 1.165) is 11.1 Å². The van der Waals surface area contributed by atoms with Gasteiger partial charge in [-0.15, -0.1) is 0 Å². The summed E-state index contributed by atoms with van der Waals surface area (Å²) in [6.45, 7) is 3.78. The Morgan fingerprint density at radius 3 is 2.87 bits per heavy atom. The zero-order valence-corrected chi connectivity index (χ0v) is 17.3. The van der Waals surface area contributed by atoms with Crippen molar-refractivity contribution < 1.29 is 17.6 Å². The highest BCUT2D eigenvalue weighted by Gasteiger charge is 2.17. The minimum Gasteiger partial charge on any atom is -0.495 e. The van der Waals surface area contributed by atoms with Gasteiger partial charge in [0.15, 0.2) is 5.58 Å². The molecule has 0 bridgehead atoms. The van der Waals surface area contributed by atoms with Crippen LogP contribution in [0.1, 0.15) is 18.4 Å². The van der Waals surface area contributed by atoms with Gasteiger partial charge in [-0.1, -0.05) is 12.1 Å². The number of sulfonamides is 1. The molecule has 0 saturated carbocycles. The molecule has 0 spiro atoms. The van der Waals surface area contributed by atoms with E-state index >= 15 is 0 Å². The Morgan fingerprint density at radius 1 is 1.17 bits per heavy atom. The maximum Gasteiger partial charge on any atom is 0.232 e. The molecule has 2 heterocycles. The molecule has 1 aliphatic rings. The molecule has 1 N–H and O–H groups in total. The van der Waals surface area contributed by atoms with Gasteiger partial charge in [-0.25, -0.2) is 13.4 Å². The first-order chi connectivity index (χ1) is 14.4. The molecule has 0 amide bonds. The summed E-state index contributed by atoms with van der Waals surface area (Å²) in [4.78, 5) is 4.54. The predicted molar refractivity (Wildman–Crippen MR) is 115 cm³/mol. The number of oxazole rings is 1. The first-order valence-electron chi connectivity index (χ1n) is 9.35. The minimum absolute atomic E-state index is 0.0112. The Balaban J connectivity index is 1.65. The van der Waals surface area contributed by atoms with Crippen molar-refractivity contribution in [3.63, 3.8) is 0 Å². The van der Waals surface area contributed by atoms with Crippen molar-refractivity contribution in [2.75, 3.05) is 17.1 Å². The topological polar surface area (TPSA) is 106 Å². The zero-order chi connectivity index (χ0) is 21.1. The largest absolute Gasteiger partial charge is 0.495 e. The van der Waals surface area contributed by atoms with Crippen LogP contribution in [0.3, 0.4) is 0 Å². The average molecular weight is 424 g/mol. The van der Waals surface area contributed by atoms with Crippen LogP contribution in [0.5, 0.6) is 0 Å². The Kier molecular flexibility index (Phi) is 5.37. The monoisotopic (exact) mass is 424 g/mol. The summed E-state index contributed by atoms with van der Waals surface area (Å²) >= 11 is 0. The highest BCUT2D eigenvalue weighted by atomic mass is 32.2. The first kappa shape index (κ1) is 19.8. The van der Waals surface area contributed by atoms with E-state index in [1.807, 2.05) is 25.1 Å². The van der Waals surface area contributed by atoms with Crippen LogP contribution >= 0.6 is 0 Å². The molecule has 0 radical (unpaired) electrons. The maximum absolute atomic E-state index is 11.8. The number of ether oxygens (including phenoxy) is 1. The standard InChI is InChI=1S/C21H20N4O4S/c1-3-30(26,27)25-16-6-4-5-15(12-16)23-24-19-13-28-10-9-17(19)21-22-18-8-7-14(2)11-20(18)29-21/h4-12,25H,3,13H2,1-2H3. The van der Waals surface area contributed by atoms with Gasteiger partial charge in [0.2, 0.25) is 15.9 Å². The van der Waals surface area contributed by atoms with Crippen molar-refractivity contribution in [2.45, 2.75) is 13.8 Å². The molecule has 9 heteroatoms. The lowest BCUT2D eigenvalue weighted by Gasteiger charge is -2.10. The normalized spacial score (nSPS) is 14.5. The van der Waals surface area contributed by atoms with Gasteiger partial charge in [0, 0.05) is 0 Å². The number of nitrogens with one attached hydrogen (secondary N) is 1. The lowest BCUT2D eigenvalue weighted by atomic mass is 10.2. The smallest absolute Gasteiger partial charge is 0.232 e. The second-order valence-corrected chi connectivity index (χ2v) is 8.73. The van der Waals surface area contributed by atoms with Crippen molar-refractivity contribution in [3.05, 3.63) is 72.0 Å². The molecule has 3 aromatic rings. The molecule has 154 valence electrons. The molecule has 2 aromatic carbocycles. The van der Waals surface area contributed by atoms with E-state index in [9.17, 15) is 8.42 Å². The fourth-order valence-electron chi connectivity index (χ4n) is 2.84. The molecule has 0 aliphatic carbocycles. The molecular weight excluding hydrogens is 404 g/mol. The third kappa shape index (κ3) is 4.41. The Morgan fingerprint density at radius 2 is 2.03 bits per heavy atom. The first-order valence-corrected chi connectivity index (χ1v) is 11.0. The molecule has 0 fully saturated rings. The molecule has 1 aliphatic heterocycles. The number of azo groups is 1. The number of hydrogen-bond donors (Lipinski definition) is 1. The van der Waals surface area contributed by atoms with Gasteiger partial charge >= 0.3 is 0 Å². The van der Waals surface area contributed by atoms with Crippen LogP contribution in [0, 0.1) is 6.92 Å². The van der Waals surface area contributed by atoms with Crippen molar-refractivity contribution in [1.29, 1.82) is 0 Å². The molecule has 30 heavy (non-hydrogen) atoms. The van der Waals surface area contributed by atoms with Crippen molar-refractivity contribution >= 4 is 38.1 Å². The van der Waals surface area contributed by atoms with Gasteiger partial charge in [-0.3, -0.25) is 4.72 Å². The number of aromatic nitrogens is 1. The number of nitrogens with zero attached hydrogens (tertiary/aromatic N) is 3. The fraction of sp³-hybridized carbons (Fsp3) is 0.190. The zero-order valence-electron chi connectivity index (χ0n) is 16.5. The Bertz CT molecular complexity index is 1290. The summed E-state index contributed by atoms with van der Waals surface area (Å²) in [5, 5.41) is 8.55. The molecule has 0 unspecified atom stereocenters. The maximum atomic E-state index is 11.8. The highest BCUT2D eigenvalue weighted by Crippen LogP contribution is 2.29. The fourth-order valence-corrected chi connectivity index (χ4v) is 3.47. The van der Waals surface area contributed by atoms with E-state index in [1.54, 1.807) is 43.5 Å². The van der Waals surface area contributed by atoms with Crippen molar-refractivity contribution in [3.8, 4) is 0 Å². The summed E-state index contributed by atoms with van der Waals surface area (Å²) in [6, 6.07) is 12.5. The minimum atomic E-state index is -3.37. The lowest BCUT2D eigenvalue weighted by molar-refractivity contribution is 0.274. The number of anilines is 1. The van der Waals surface area contributed by atoms with Crippen LogP contribution in [-0.2, 0) is 14.8 Å². The predicted octanol–water partition coefficient (Wildman–Crippen LogP) is 4.94. The Hall–Kier alpha value is -3.46. The van der Waals surface area contributed by atoms with E-state index in [4.69, 9.17) is 9.15 Å². The molecule has 0 atom stereocenters. The molecular formula is C21H20N4O4S. The Labute approximate surface area is 174 Å². The molecule has 8 nitrogen and oxygen atoms in total. The van der Waals surface area contributed by atoms with E-state index in [0.29, 0.717) is 34.1 Å². The van der Waals surface area contributed by atoms with Gasteiger partial charge in [-0.05, 0) is 55.8 Å². The summed E-state index contributed by atoms with van der Waals surface area (Å²) in [6.07, 6.45) is 3.30. The van der Waals surface area contributed by atoms with Crippen molar-refractivity contribution in [1.82, 2.24) is 4.98 Å². The summed E-state index contributed by atoms with van der Waals surface area (Å²) in [7, 11) is -3.37. The van der Waals surface area contributed by atoms with E-state index < -0.39 is 10.0 Å². The van der Waals surface area contributed by atoms with Crippen molar-refractivity contribution in [2.24, 2.45) is 10.2 Å². The highest BCUT2D eigenvalue weighted by molar-refractivity contribution is 7.92. The summed E-state index contributed by atoms with van der Waals surface area (Å²) in [5.74, 6) is 0.427. The number of allylic oxidation sites excluding steroid dienone is 2. The molecule has 4 rings (SSSR count). The van der Waals surface area contributed by atoms with E-state index in [-0.39, 0.29) is 12.4 Å². The van der Waals surface area contributed by atoms with Gasteiger partial charge in [0.25, 0.3) is 0 Å². The lowest BCUT2D eigenvalue weighted by Crippen LogP contribution is -2.14. The second kappa shape index (κ2) is 8.11. The van der Waals surface area contributed by atoms with Crippen LogP contribution in [0.4, 0.5) is 11.4 Å². The van der Waals surface area contributed by atoms with Gasteiger partial charge in [0.05, 0.1) is 29.0 Å². The van der Waals surface area contributed by atoms with Gasteiger partial charge in [0.1, 0.15) is 17.8 Å². The van der Waals surface area contributed by atoms with Gasteiger partial charge in [-0.2, -0.15) is 10.2 Å². The quantitative estimate of drug-likeness (QED) is 0.564. The third-order valence-electron chi connectivity index (χ3n) is 4.42. The summed E-state index contributed by atoms with van der Waals surface area (Å²) < 4.78 is 37.3.